The molecule has 0 aromatic heterocycles. The number of nitrogens with one attached hydrogen (secondary N) is 1. The molecular weight excluding hydrogens is 373 g/mol. The van der Waals surface area contributed by atoms with Crippen molar-refractivity contribution in [3.05, 3.63) is 59.9 Å². The monoisotopic (exact) mass is 399 g/mol. The number of amides is 2. The highest BCUT2D eigenvalue weighted by molar-refractivity contribution is 5.92. The maximum absolute atomic E-state index is 12.9. The van der Waals surface area contributed by atoms with Crippen molar-refractivity contribution in [1.29, 1.82) is 0 Å². The number of anilines is 1. The van der Waals surface area contributed by atoms with Crippen LogP contribution in [0.1, 0.15) is 12.5 Å². The molecule has 6 nitrogen and oxygen atoms in total. The summed E-state index contributed by atoms with van der Waals surface area (Å²) >= 11 is 0. The van der Waals surface area contributed by atoms with Crippen LogP contribution in [-0.4, -0.2) is 60.9 Å². The minimum absolute atomic E-state index is 0.0876. The third-order valence-corrected chi connectivity index (χ3v) is 4.81. The molecule has 3 rings (SSSR count). The Hall–Kier alpha value is -2.93. The molecule has 2 aromatic rings. The summed E-state index contributed by atoms with van der Waals surface area (Å²) in [6.45, 7) is 5.28. The summed E-state index contributed by atoms with van der Waals surface area (Å²) in [6, 6.07) is 13.3. The highest BCUT2D eigenvalue weighted by atomic mass is 19.1. The summed E-state index contributed by atoms with van der Waals surface area (Å²) in [7, 11) is 0. The van der Waals surface area contributed by atoms with Crippen LogP contribution in [-0.2, 0) is 16.0 Å². The van der Waals surface area contributed by atoms with Crippen molar-refractivity contribution in [2.45, 2.75) is 13.3 Å². The lowest BCUT2D eigenvalue weighted by Crippen LogP contribution is -2.50. The lowest BCUT2D eigenvalue weighted by Gasteiger charge is -2.34. The Morgan fingerprint density at radius 2 is 1.66 bits per heavy atom. The Morgan fingerprint density at radius 3 is 2.28 bits per heavy atom. The molecule has 1 aliphatic rings. The zero-order valence-electron chi connectivity index (χ0n) is 16.6. The van der Waals surface area contributed by atoms with Gasteiger partial charge >= 0.3 is 0 Å². The first-order chi connectivity index (χ1) is 14.0. The average molecular weight is 399 g/mol. The molecule has 1 N–H and O–H groups in total. The van der Waals surface area contributed by atoms with E-state index < -0.39 is 0 Å². The normalized spacial score (nSPS) is 14.5. The van der Waals surface area contributed by atoms with Crippen LogP contribution >= 0.6 is 0 Å². The molecule has 2 amide bonds. The molecule has 154 valence electrons. The van der Waals surface area contributed by atoms with Crippen molar-refractivity contribution in [3.63, 3.8) is 0 Å². The Kier molecular flexibility index (Phi) is 7.19. The van der Waals surface area contributed by atoms with E-state index in [1.807, 2.05) is 41.0 Å². The Balaban J connectivity index is 1.41. The summed E-state index contributed by atoms with van der Waals surface area (Å²) in [4.78, 5) is 28.6. The molecule has 0 radical (unpaired) electrons. The number of nitrogens with zero attached hydrogens (tertiary/aromatic N) is 2. The van der Waals surface area contributed by atoms with Gasteiger partial charge < -0.3 is 15.0 Å². The quantitative estimate of drug-likeness (QED) is 0.777. The van der Waals surface area contributed by atoms with E-state index in [0.29, 0.717) is 44.9 Å². The molecule has 0 aliphatic carbocycles. The van der Waals surface area contributed by atoms with Crippen molar-refractivity contribution in [1.82, 2.24) is 9.80 Å². The fraction of sp³-hybridized carbons (Fsp3) is 0.364. The number of ether oxygens (including phenoxy) is 1. The van der Waals surface area contributed by atoms with Crippen LogP contribution < -0.4 is 10.1 Å². The summed E-state index contributed by atoms with van der Waals surface area (Å²) in [5.41, 5.74) is 1.53. The van der Waals surface area contributed by atoms with Crippen LogP contribution in [0.2, 0.25) is 0 Å². The molecule has 0 spiro atoms. The minimum atomic E-state index is -0.339. The van der Waals surface area contributed by atoms with E-state index in [1.54, 1.807) is 0 Å². The molecule has 29 heavy (non-hydrogen) atoms. The molecule has 1 saturated heterocycles. The van der Waals surface area contributed by atoms with Gasteiger partial charge in [0.1, 0.15) is 11.6 Å². The van der Waals surface area contributed by atoms with E-state index in [9.17, 15) is 14.0 Å². The number of hydrogen-bond acceptors (Lipinski definition) is 4. The van der Waals surface area contributed by atoms with E-state index in [1.165, 1.54) is 24.3 Å². The summed E-state index contributed by atoms with van der Waals surface area (Å²) in [5.74, 6) is 0.403. The number of carbonyl (C=O) groups is 2. The predicted molar refractivity (Wildman–Crippen MR) is 109 cm³/mol. The van der Waals surface area contributed by atoms with E-state index in [2.05, 4.69) is 5.32 Å². The van der Waals surface area contributed by atoms with Gasteiger partial charge in [0.2, 0.25) is 11.8 Å². The van der Waals surface area contributed by atoms with Gasteiger partial charge in [-0.05, 0) is 48.9 Å². The second kappa shape index (κ2) is 10.0. The van der Waals surface area contributed by atoms with Gasteiger partial charge in [0.15, 0.2) is 0 Å². The van der Waals surface area contributed by atoms with E-state index in [4.69, 9.17) is 4.74 Å². The van der Waals surface area contributed by atoms with Gasteiger partial charge in [0.05, 0.1) is 19.6 Å². The average Bonchev–Trinajstić information content (AvgIpc) is 2.72. The summed E-state index contributed by atoms with van der Waals surface area (Å²) in [6.07, 6.45) is 0.359. The van der Waals surface area contributed by atoms with E-state index >= 15 is 0 Å². The lowest BCUT2D eigenvalue weighted by molar-refractivity contribution is -0.132. The smallest absolute Gasteiger partial charge is 0.238 e. The van der Waals surface area contributed by atoms with Gasteiger partial charge in [-0.15, -0.1) is 0 Å². The van der Waals surface area contributed by atoms with Crippen LogP contribution in [0.5, 0.6) is 5.75 Å². The number of rotatable bonds is 7. The molecule has 1 heterocycles. The van der Waals surface area contributed by atoms with E-state index in [-0.39, 0.29) is 24.2 Å². The second-order valence-corrected chi connectivity index (χ2v) is 6.97. The third-order valence-electron chi connectivity index (χ3n) is 4.81. The summed E-state index contributed by atoms with van der Waals surface area (Å²) < 4.78 is 18.3. The third kappa shape index (κ3) is 6.29. The van der Waals surface area contributed by atoms with Gasteiger partial charge in [-0.1, -0.05) is 12.1 Å². The molecule has 0 bridgehead atoms. The molecule has 1 fully saturated rings. The van der Waals surface area contributed by atoms with Crippen molar-refractivity contribution >= 4 is 17.5 Å². The van der Waals surface area contributed by atoms with E-state index in [0.717, 1.165) is 11.3 Å². The summed E-state index contributed by atoms with van der Waals surface area (Å²) in [5, 5.41) is 2.76. The van der Waals surface area contributed by atoms with Gasteiger partial charge in [-0.2, -0.15) is 0 Å². The standard InChI is InChI=1S/C22H26FN3O3/c1-2-29-20-9-3-17(4-10-20)15-22(28)26-13-11-25(12-14-26)16-21(27)24-19-7-5-18(23)6-8-19/h3-10H,2,11-16H2,1H3,(H,24,27). The number of piperazine rings is 1. The van der Waals surface area contributed by atoms with Gasteiger partial charge in [0, 0.05) is 31.9 Å². The molecular formula is C22H26FN3O3. The van der Waals surface area contributed by atoms with Crippen LogP contribution in [0, 0.1) is 5.82 Å². The SMILES string of the molecule is CCOc1ccc(CC(=O)N2CCN(CC(=O)Nc3ccc(F)cc3)CC2)cc1. The fourth-order valence-corrected chi connectivity index (χ4v) is 3.25. The Labute approximate surface area is 170 Å². The van der Waals surface area contributed by atoms with Crippen LogP contribution in [0.4, 0.5) is 10.1 Å². The van der Waals surface area contributed by atoms with Crippen LogP contribution in [0.15, 0.2) is 48.5 Å². The first kappa shape index (κ1) is 20.8. The van der Waals surface area contributed by atoms with Crippen molar-refractivity contribution in [2.75, 3.05) is 44.6 Å². The topological polar surface area (TPSA) is 61.9 Å². The zero-order valence-corrected chi connectivity index (χ0v) is 16.6. The number of halogens is 1. The molecule has 7 heteroatoms. The van der Waals surface area contributed by atoms with Crippen molar-refractivity contribution < 1.29 is 18.7 Å². The van der Waals surface area contributed by atoms with Crippen molar-refractivity contribution in [3.8, 4) is 5.75 Å². The number of hydrogen-bond donors (Lipinski definition) is 1. The molecule has 0 unspecified atom stereocenters. The van der Waals surface area contributed by atoms with Gasteiger partial charge in [-0.3, -0.25) is 14.5 Å². The first-order valence-electron chi connectivity index (χ1n) is 9.81. The highest BCUT2D eigenvalue weighted by Crippen LogP contribution is 2.14. The molecule has 2 aromatic carbocycles. The minimum Gasteiger partial charge on any atom is -0.494 e. The second-order valence-electron chi connectivity index (χ2n) is 6.97. The maximum atomic E-state index is 12.9. The zero-order chi connectivity index (χ0) is 20.6. The number of benzene rings is 2. The largest absolute Gasteiger partial charge is 0.494 e. The van der Waals surface area contributed by atoms with Crippen LogP contribution in [0.25, 0.3) is 0 Å². The number of carbonyl (C=O) groups excluding carboxylic acids is 2. The molecule has 0 atom stereocenters. The van der Waals surface area contributed by atoms with Gasteiger partial charge in [-0.25, -0.2) is 4.39 Å². The molecule has 0 saturated carbocycles. The van der Waals surface area contributed by atoms with Crippen LogP contribution in [0.3, 0.4) is 0 Å². The van der Waals surface area contributed by atoms with Gasteiger partial charge in [0.25, 0.3) is 0 Å². The predicted octanol–water partition coefficient (Wildman–Crippen LogP) is 2.55. The highest BCUT2D eigenvalue weighted by Gasteiger charge is 2.22. The first-order valence-corrected chi connectivity index (χ1v) is 9.81. The maximum Gasteiger partial charge on any atom is 0.238 e. The van der Waals surface area contributed by atoms with Crippen molar-refractivity contribution in [2.24, 2.45) is 0 Å². The molecule has 1 aliphatic heterocycles. The lowest BCUT2D eigenvalue weighted by atomic mass is 10.1. The fourth-order valence-electron chi connectivity index (χ4n) is 3.25. The Bertz CT molecular complexity index is 816. The Morgan fingerprint density at radius 1 is 1.00 bits per heavy atom.